The number of benzene rings is 1. The Kier molecular flexibility index (Phi) is 4.41. The number of nitrogens with one attached hydrogen (secondary N) is 1. The van der Waals surface area contributed by atoms with E-state index in [0.717, 1.165) is 29.2 Å². The van der Waals surface area contributed by atoms with E-state index < -0.39 is 11.7 Å². The highest BCUT2D eigenvalue weighted by Crippen LogP contribution is 2.52. The van der Waals surface area contributed by atoms with Gasteiger partial charge in [0.2, 0.25) is 0 Å². The number of halogens is 3. The number of nitrogens with zero attached hydrogens (tertiary/aromatic N) is 1. The van der Waals surface area contributed by atoms with Gasteiger partial charge in [-0.3, -0.25) is 4.79 Å². The molecule has 0 saturated heterocycles. The summed E-state index contributed by atoms with van der Waals surface area (Å²) in [6.45, 7) is 0. The topological polar surface area (TPSA) is 51.2 Å². The second kappa shape index (κ2) is 6.57. The summed E-state index contributed by atoms with van der Waals surface area (Å²) in [5.74, 6) is 0.952. The third-order valence-corrected chi connectivity index (χ3v) is 5.48. The van der Waals surface area contributed by atoms with Crippen molar-refractivity contribution in [2.75, 3.05) is 5.32 Å². The summed E-state index contributed by atoms with van der Waals surface area (Å²) < 4.78 is 20.7. The average molecular weight is 426 g/mol. The normalized spacial score (nSPS) is 23.9. The Bertz CT molecular complexity index is 818. The Morgan fingerprint density at radius 1 is 1.32 bits per heavy atom. The molecule has 1 N–H and O–H groups in total. The second-order valence-corrected chi connectivity index (χ2v) is 7.84. The molecule has 4 rings (SSSR count). The third kappa shape index (κ3) is 3.51. The first-order valence-corrected chi connectivity index (χ1v) is 9.26. The van der Waals surface area contributed by atoms with Crippen molar-refractivity contribution in [1.29, 1.82) is 0 Å². The molecule has 1 aromatic heterocycles. The van der Waals surface area contributed by atoms with Gasteiger partial charge in [0.05, 0.1) is 16.7 Å². The highest BCUT2D eigenvalue weighted by Gasteiger charge is 2.47. The van der Waals surface area contributed by atoms with Gasteiger partial charge in [0.25, 0.3) is 5.91 Å². The van der Waals surface area contributed by atoms with Crippen LogP contribution in [-0.2, 0) is 0 Å². The average Bonchev–Trinajstić information content (AvgIpc) is 3.16. The number of hydrogen-bond donors (Lipinski definition) is 1. The number of aromatic nitrogens is 1. The van der Waals surface area contributed by atoms with E-state index in [0.29, 0.717) is 5.75 Å². The lowest BCUT2D eigenvalue weighted by atomic mass is 10.2. The molecule has 0 spiro atoms. The fraction of sp³-hybridized carbons (Fsp3) is 0.333. The van der Waals surface area contributed by atoms with Crippen molar-refractivity contribution in [2.24, 2.45) is 11.8 Å². The second-order valence-electron chi connectivity index (χ2n) is 6.52. The molecular formula is C18H15BrClFN2O2. The van der Waals surface area contributed by atoms with E-state index in [1.807, 2.05) is 0 Å². The van der Waals surface area contributed by atoms with Crippen LogP contribution in [0.4, 0.5) is 10.2 Å². The van der Waals surface area contributed by atoms with Gasteiger partial charge < -0.3 is 10.1 Å². The smallest absolute Gasteiger partial charge is 0.261 e. The number of carbonyl (C=O) groups is 1. The Morgan fingerprint density at radius 3 is 2.80 bits per heavy atom. The maximum Gasteiger partial charge on any atom is 0.261 e. The van der Waals surface area contributed by atoms with Crippen LogP contribution in [0.15, 0.2) is 34.9 Å². The van der Waals surface area contributed by atoms with Gasteiger partial charge in [-0.2, -0.15) is 0 Å². The number of ether oxygens (including phenoxy) is 1. The standard InChI is InChI=1S/C18H15BrClFN2O2/c19-11-7-15(25-12-5-9-4-10(9)6-12)17(22-8-11)23-18(24)16-13(20)2-1-3-14(16)21/h1-3,7-10,12H,4-6H2,(H,22,23,24)/t9-,10+,12+. The van der Waals surface area contributed by atoms with E-state index in [4.69, 9.17) is 16.3 Å². The van der Waals surface area contributed by atoms with Gasteiger partial charge >= 0.3 is 0 Å². The lowest BCUT2D eigenvalue weighted by Gasteiger charge is -2.18. The Hall–Kier alpha value is -1.66. The van der Waals surface area contributed by atoms with Crippen LogP contribution in [0.2, 0.25) is 5.02 Å². The number of fused-ring (bicyclic) bond motifs is 1. The first kappa shape index (κ1) is 16.8. The van der Waals surface area contributed by atoms with Gasteiger partial charge in [0.15, 0.2) is 11.6 Å². The maximum absolute atomic E-state index is 13.9. The highest BCUT2D eigenvalue weighted by atomic mass is 79.9. The summed E-state index contributed by atoms with van der Waals surface area (Å²) in [4.78, 5) is 16.7. The highest BCUT2D eigenvalue weighted by molar-refractivity contribution is 9.10. The zero-order chi connectivity index (χ0) is 17.6. The van der Waals surface area contributed by atoms with Crippen molar-refractivity contribution >= 4 is 39.3 Å². The zero-order valence-corrected chi connectivity index (χ0v) is 15.5. The molecule has 130 valence electrons. The minimum atomic E-state index is -0.680. The van der Waals surface area contributed by atoms with Crippen LogP contribution in [-0.4, -0.2) is 17.0 Å². The maximum atomic E-state index is 13.9. The van der Waals surface area contributed by atoms with Crippen molar-refractivity contribution in [3.8, 4) is 5.75 Å². The summed E-state index contributed by atoms with van der Waals surface area (Å²) in [6.07, 6.45) is 5.05. The molecule has 0 aliphatic heterocycles. The fourth-order valence-electron chi connectivity index (χ4n) is 3.42. The van der Waals surface area contributed by atoms with E-state index in [-0.39, 0.29) is 22.5 Å². The molecule has 25 heavy (non-hydrogen) atoms. The van der Waals surface area contributed by atoms with Gasteiger partial charge in [0.1, 0.15) is 5.82 Å². The SMILES string of the molecule is O=C(Nc1ncc(Br)cc1O[C@@H]1C[C@@H]2C[C@@H]2C1)c1c(F)cccc1Cl. The van der Waals surface area contributed by atoms with Gasteiger partial charge in [-0.25, -0.2) is 9.37 Å². The van der Waals surface area contributed by atoms with Crippen molar-refractivity contribution in [3.05, 3.63) is 51.3 Å². The van der Waals surface area contributed by atoms with Crippen molar-refractivity contribution in [1.82, 2.24) is 4.98 Å². The summed E-state index contributed by atoms with van der Waals surface area (Å²) in [5.41, 5.74) is -0.207. The Labute approximate surface area is 157 Å². The van der Waals surface area contributed by atoms with Gasteiger partial charge in [-0.15, -0.1) is 0 Å². The van der Waals surface area contributed by atoms with E-state index in [9.17, 15) is 9.18 Å². The molecule has 2 fully saturated rings. The minimum Gasteiger partial charge on any atom is -0.486 e. The minimum absolute atomic E-state index is 0.0490. The monoisotopic (exact) mass is 424 g/mol. The van der Waals surface area contributed by atoms with Crippen molar-refractivity contribution < 1.29 is 13.9 Å². The van der Waals surface area contributed by atoms with Crippen LogP contribution in [0.1, 0.15) is 29.6 Å². The van der Waals surface area contributed by atoms with Gasteiger partial charge in [-0.05, 0) is 65.2 Å². The van der Waals surface area contributed by atoms with E-state index in [1.54, 1.807) is 12.3 Å². The molecule has 1 amide bonds. The molecule has 2 aromatic rings. The molecule has 7 heteroatoms. The summed E-state index contributed by atoms with van der Waals surface area (Å²) >= 11 is 9.32. The molecule has 2 aliphatic carbocycles. The molecule has 2 aliphatic rings. The number of rotatable bonds is 4. The van der Waals surface area contributed by atoms with Gasteiger partial charge in [-0.1, -0.05) is 17.7 Å². The summed E-state index contributed by atoms with van der Waals surface area (Å²) in [5, 5.41) is 2.66. The number of anilines is 1. The molecule has 4 nitrogen and oxygen atoms in total. The molecule has 0 radical (unpaired) electrons. The number of hydrogen-bond acceptors (Lipinski definition) is 3. The van der Waals surface area contributed by atoms with E-state index >= 15 is 0 Å². The molecule has 0 unspecified atom stereocenters. The first-order chi connectivity index (χ1) is 12.0. The van der Waals surface area contributed by atoms with Crippen LogP contribution < -0.4 is 10.1 Å². The van der Waals surface area contributed by atoms with Crippen LogP contribution in [0, 0.1) is 17.7 Å². The summed E-state index contributed by atoms with van der Waals surface area (Å²) in [7, 11) is 0. The van der Waals surface area contributed by atoms with Crippen LogP contribution in [0.3, 0.4) is 0 Å². The van der Waals surface area contributed by atoms with Gasteiger partial charge in [0, 0.05) is 10.7 Å². The number of amides is 1. The van der Waals surface area contributed by atoms with E-state index in [2.05, 4.69) is 26.2 Å². The Morgan fingerprint density at radius 2 is 2.08 bits per heavy atom. The predicted molar refractivity (Wildman–Crippen MR) is 96.5 cm³/mol. The predicted octanol–water partition coefficient (Wildman–Crippen LogP) is 5.07. The van der Waals surface area contributed by atoms with Crippen molar-refractivity contribution in [2.45, 2.75) is 25.4 Å². The van der Waals surface area contributed by atoms with Crippen LogP contribution in [0.5, 0.6) is 5.75 Å². The molecule has 2 saturated carbocycles. The molecule has 0 bridgehead atoms. The van der Waals surface area contributed by atoms with Crippen LogP contribution in [0.25, 0.3) is 0 Å². The number of pyridine rings is 1. The van der Waals surface area contributed by atoms with Crippen LogP contribution >= 0.6 is 27.5 Å². The zero-order valence-electron chi connectivity index (χ0n) is 13.1. The van der Waals surface area contributed by atoms with Crippen molar-refractivity contribution in [3.63, 3.8) is 0 Å². The third-order valence-electron chi connectivity index (χ3n) is 4.74. The van der Waals surface area contributed by atoms with E-state index in [1.165, 1.54) is 24.6 Å². The molecule has 1 aromatic carbocycles. The Balaban J connectivity index is 1.56. The molecule has 1 heterocycles. The summed E-state index contributed by atoms with van der Waals surface area (Å²) in [6, 6.07) is 5.87. The lowest BCUT2D eigenvalue weighted by molar-refractivity contribution is 0.102. The first-order valence-electron chi connectivity index (χ1n) is 8.09. The molecule has 3 atom stereocenters. The molecular weight excluding hydrogens is 411 g/mol. The number of carbonyl (C=O) groups excluding carboxylic acids is 1. The largest absolute Gasteiger partial charge is 0.486 e. The fourth-order valence-corrected chi connectivity index (χ4v) is 3.98. The quantitative estimate of drug-likeness (QED) is 0.744. The lowest BCUT2D eigenvalue weighted by Crippen LogP contribution is -2.19.